The molecule has 24 heavy (non-hydrogen) atoms. The molecule has 0 radical (unpaired) electrons. The van der Waals surface area contributed by atoms with E-state index in [9.17, 15) is 0 Å². The summed E-state index contributed by atoms with van der Waals surface area (Å²) in [4.78, 5) is 0. The van der Waals surface area contributed by atoms with E-state index in [1.807, 2.05) is 12.1 Å². The van der Waals surface area contributed by atoms with E-state index in [0.29, 0.717) is 5.56 Å². The maximum atomic E-state index is 9.13. The summed E-state index contributed by atoms with van der Waals surface area (Å²) in [5.74, 6) is 0. The van der Waals surface area contributed by atoms with Crippen LogP contribution in [0.2, 0.25) is 0 Å². The molecule has 0 aliphatic heterocycles. The van der Waals surface area contributed by atoms with Gasteiger partial charge >= 0.3 is 0 Å². The Labute approximate surface area is 140 Å². The highest BCUT2D eigenvalue weighted by Crippen LogP contribution is 2.34. The predicted octanol–water partition coefficient (Wildman–Crippen LogP) is 4.57. The molecule has 0 atom stereocenters. The third-order valence-electron chi connectivity index (χ3n) is 4.53. The second-order valence-corrected chi connectivity index (χ2v) is 6.29. The largest absolute Gasteiger partial charge is 0.456 e. The van der Waals surface area contributed by atoms with Gasteiger partial charge in [0.1, 0.15) is 18.2 Å². The van der Waals surface area contributed by atoms with Gasteiger partial charge in [-0.15, -0.1) is 0 Å². The van der Waals surface area contributed by atoms with Crippen molar-refractivity contribution in [1.29, 1.82) is 5.26 Å². The van der Waals surface area contributed by atoms with Gasteiger partial charge in [0.05, 0.1) is 17.2 Å². The molecular formula is C21H17N2O+. The minimum absolute atomic E-state index is 0.650. The first-order valence-electron chi connectivity index (χ1n) is 7.90. The molecule has 4 aromatic rings. The zero-order valence-corrected chi connectivity index (χ0v) is 13.9. The summed E-state index contributed by atoms with van der Waals surface area (Å²) >= 11 is 0. The minimum atomic E-state index is 0.650. The summed E-state index contributed by atoms with van der Waals surface area (Å²) in [6.07, 6.45) is 2.08. The number of fused-ring (bicyclic) bond motifs is 3. The van der Waals surface area contributed by atoms with E-state index >= 15 is 0 Å². The fraction of sp³-hybridized carbons (Fsp3) is 0.143. The number of hydrogen-bond acceptors (Lipinski definition) is 2. The second kappa shape index (κ2) is 5.21. The molecule has 0 fully saturated rings. The average Bonchev–Trinajstić information content (AvgIpc) is 2.93. The topological polar surface area (TPSA) is 40.8 Å². The van der Waals surface area contributed by atoms with Crippen LogP contribution in [0.4, 0.5) is 0 Å². The summed E-state index contributed by atoms with van der Waals surface area (Å²) in [7, 11) is 2.05. The van der Waals surface area contributed by atoms with E-state index in [1.54, 1.807) is 6.07 Å². The molecule has 0 amide bonds. The van der Waals surface area contributed by atoms with Crippen LogP contribution in [0.5, 0.6) is 0 Å². The van der Waals surface area contributed by atoms with E-state index in [-0.39, 0.29) is 0 Å². The molecular weight excluding hydrogens is 296 g/mol. The van der Waals surface area contributed by atoms with Crippen LogP contribution in [-0.2, 0) is 7.05 Å². The van der Waals surface area contributed by atoms with Gasteiger partial charge in [-0.1, -0.05) is 0 Å². The number of furan rings is 1. The molecule has 0 bridgehead atoms. The van der Waals surface area contributed by atoms with Crippen LogP contribution in [0.3, 0.4) is 0 Å². The van der Waals surface area contributed by atoms with Gasteiger partial charge in [-0.25, -0.2) is 4.57 Å². The number of rotatable bonds is 1. The quantitative estimate of drug-likeness (QED) is 0.483. The maximum Gasteiger partial charge on any atom is 0.212 e. The van der Waals surface area contributed by atoms with E-state index in [2.05, 4.69) is 62.0 Å². The zero-order valence-electron chi connectivity index (χ0n) is 13.9. The smallest absolute Gasteiger partial charge is 0.212 e. The molecule has 2 aromatic carbocycles. The number of nitriles is 1. The van der Waals surface area contributed by atoms with Gasteiger partial charge in [0, 0.05) is 22.9 Å². The van der Waals surface area contributed by atoms with Crippen molar-refractivity contribution in [2.75, 3.05) is 0 Å². The monoisotopic (exact) mass is 313 g/mol. The lowest BCUT2D eigenvalue weighted by atomic mass is 10.00. The minimum Gasteiger partial charge on any atom is -0.456 e. The summed E-state index contributed by atoms with van der Waals surface area (Å²) in [6.45, 7) is 4.21. The molecule has 116 valence electrons. The first-order valence-corrected chi connectivity index (χ1v) is 7.90. The van der Waals surface area contributed by atoms with Crippen molar-refractivity contribution in [3.8, 4) is 17.3 Å². The van der Waals surface area contributed by atoms with Gasteiger partial charge in [-0.2, -0.15) is 5.26 Å². The summed E-state index contributed by atoms with van der Waals surface area (Å²) < 4.78 is 8.14. The van der Waals surface area contributed by atoms with Crippen molar-refractivity contribution >= 4 is 21.9 Å². The Morgan fingerprint density at radius 3 is 2.54 bits per heavy atom. The number of hydrogen-bond donors (Lipinski definition) is 0. The van der Waals surface area contributed by atoms with E-state index in [1.165, 1.54) is 11.1 Å². The molecule has 0 unspecified atom stereocenters. The molecule has 0 aliphatic rings. The van der Waals surface area contributed by atoms with E-state index in [0.717, 1.165) is 33.2 Å². The third kappa shape index (κ3) is 2.16. The van der Waals surface area contributed by atoms with E-state index < -0.39 is 0 Å². The lowest BCUT2D eigenvalue weighted by Crippen LogP contribution is -2.30. The van der Waals surface area contributed by atoms with Crippen LogP contribution in [0, 0.1) is 25.2 Å². The highest BCUT2D eigenvalue weighted by Gasteiger charge is 2.16. The highest BCUT2D eigenvalue weighted by atomic mass is 16.3. The Morgan fingerprint density at radius 1 is 0.958 bits per heavy atom. The van der Waals surface area contributed by atoms with Crippen molar-refractivity contribution < 1.29 is 8.98 Å². The number of aromatic nitrogens is 1. The van der Waals surface area contributed by atoms with Crippen molar-refractivity contribution in [2.45, 2.75) is 13.8 Å². The second-order valence-electron chi connectivity index (χ2n) is 6.29. The van der Waals surface area contributed by atoms with Gasteiger partial charge in [-0.3, -0.25) is 0 Å². The number of benzene rings is 2. The Balaban J connectivity index is 2.03. The Bertz CT molecular complexity index is 1150. The fourth-order valence-corrected chi connectivity index (χ4v) is 3.22. The zero-order chi connectivity index (χ0) is 16.8. The molecule has 0 aliphatic carbocycles. The molecule has 2 aromatic heterocycles. The molecule has 0 N–H and O–H groups in total. The molecule has 0 saturated carbocycles. The predicted molar refractivity (Wildman–Crippen MR) is 94.5 cm³/mol. The van der Waals surface area contributed by atoms with Gasteiger partial charge < -0.3 is 4.42 Å². The van der Waals surface area contributed by atoms with Crippen LogP contribution < -0.4 is 4.57 Å². The first-order chi connectivity index (χ1) is 11.6. The normalized spacial score (nSPS) is 11.1. The number of pyridine rings is 1. The van der Waals surface area contributed by atoms with Crippen molar-refractivity contribution in [2.24, 2.45) is 7.05 Å². The fourth-order valence-electron chi connectivity index (χ4n) is 3.22. The summed E-state index contributed by atoms with van der Waals surface area (Å²) in [6, 6.07) is 16.3. The summed E-state index contributed by atoms with van der Waals surface area (Å²) in [5, 5.41) is 11.2. The Morgan fingerprint density at radius 2 is 1.75 bits per heavy atom. The standard InChI is InChI=1S/C21H17N2O/c1-13-6-7-23(3)19(8-13)16-11-21-17(9-14(16)2)18-10-15(12-22)4-5-20(18)24-21/h4-11H,1-3H3/q+1. The van der Waals surface area contributed by atoms with Crippen molar-refractivity contribution in [3.05, 3.63) is 65.4 Å². The molecule has 2 heterocycles. The van der Waals surface area contributed by atoms with Crippen molar-refractivity contribution in [3.63, 3.8) is 0 Å². The molecule has 4 rings (SSSR count). The SMILES string of the molecule is Cc1cc[n+](C)c(-c2cc3oc4ccc(C#N)cc4c3cc2C)c1. The van der Waals surface area contributed by atoms with Crippen molar-refractivity contribution in [1.82, 2.24) is 0 Å². The first kappa shape index (κ1) is 14.5. The maximum absolute atomic E-state index is 9.13. The number of nitrogens with zero attached hydrogens (tertiary/aromatic N) is 2. The van der Waals surface area contributed by atoms with Crippen LogP contribution in [0.1, 0.15) is 16.7 Å². The average molecular weight is 313 g/mol. The molecule has 3 nitrogen and oxygen atoms in total. The Hall–Kier alpha value is -3.12. The van der Waals surface area contributed by atoms with Crippen LogP contribution in [-0.4, -0.2) is 0 Å². The third-order valence-corrected chi connectivity index (χ3v) is 4.53. The van der Waals surface area contributed by atoms with Crippen LogP contribution in [0.15, 0.2) is 53.1 Å². The van der Waals surface area contributed by atoms with Gasteiger partial charge in [-0.05, 0) is 55.3 Å². The van der Waals surface area contributed by atoms with Crippen LogP contribution in [0.25, 0.3) is 33.2 Å². The van der Waals surface area contributed by atoms with Gasteiger partial charge in [0.15, 0.2) is 6.20 Å². The molecule has 3 heteroatoms. The van der Waals surface area contributed by atoms with Crippen LogP contribution >= 0.6 is 0 Å². The Kier molecular flexibility index (Phi) is 3.14. The number of aryl methyl sites for hydroxylation is 3. The lowest BCUT2D eigenvalue weighted by Gasteiger charge is -2.05. The van der Waals surface area contributed by atoms with E-state index in [4.69, 9.17) is 9.68 Å². The van der Waals surface area contributed by atoms with Gasteiger partial charge in [0.2, 0.25) is 5.69 Å². The lowest BCUT2D eigenvalue weighted by molar-refractivity contribution is -0.660. The summed E-state index contributed by atoms with van der Waals surface area (Å²) in [5.41, 5.74) is 7.05. The van der Waals surface area contributed by atoms with Gasteiger partial charge in [0.25, 0.3) is 0 Å². The highest BCUT2D eigenvalue weighted by molar-refractivity contribution is 6.06. The molecule has 0 spiro atoms. The molecule has 0 saturated heterocycles.